The number of carbonyl (C=O) groups is 3. The quantitative estimate of drug-likeness (QED) is 0.759. The van der Waals surface area contributed by atoms with E-state index in [4.69, 9.17) is 9.15 Å². The summed E-state index contributed by atoms with van der Waals surface area (Å²) in [6.45, 7) is 2.46. The van der Waals surface area contributed by atoms with Gasteiger partial charge in [-0.3, -0.25) is 14.4 Å². The first-order valence-electron chi connectivity index (χ1n) is 9.82. The molecule has 1 aliphatic carbocycles. The third kappa shape index (κ3) is 4.97. The summed E-state index contributed by atoms with van der Waals surface area (Å²) < 4.78 is 10.3. The van der Waals surface area contributed by atoms with Gasteiger partial charge in [-0.25, -0.2) is 0 Å². The number of nitrogens with one attached hydrogen (secondary N) is 2. The number of rotatable bonds is 7. The summed E-state index contributed by atoms with van der Waals surface area (Å²) in [6, 6.07) is 0.353. The molecule has 2 unspecified atom stereocenters. The standard InChI is InChI=1S/C20H28N2O5/c1-2-14-10-27-12-17(23)18(14)22-20(25)16(9-13-5-3-4-6-13)21-19(24)15-7-8-26-11-15/h7-8,11,13-14,16,18H,2-6,9-10,12H2,1H3,(H,21,24)(H,22,25)/t14?,16-,18?/m0/s1. The first-order valence-corrected chi connectivity index (χ1v) is 9.82. The number of ketones is 1. The Hall–Kier alpha value is -2.15. The van der Waals surface area contributed by atoms with E-state index in [1.54, 1.807) is 6.07 Å². The number of carbonyl (C=O) groups excluding carboxylic acids is 3. The lowest BCUT2D eigenvalue weighted by atomic mass is 9.91. The molecule has 148 valence electrons. The van der Waals surface area contributed by atoms with E-state index >= 15 is 0 Å². The molecule has 1 saturated heterocycles. The van der Waals surface area contributed by atoms with Crippen molar-refractivity contribution in [3.8, 4) is 0 Å². The Morgan fingerprint density at radius 3 is 2.74 bits per heavy atom. The summed E-state index contributed by atoms with van der Waals surface area (Å²) in [6.07, 6.45) is 8.56. The summed E-state index contributed by atoms with van der Waals surface area (Å²) in [5.74, 6) is -0.364. The van der Waals surface area contributed by atoms with Crippen LogP contribution in [0, 0.1) is 11.8 Å². The van der Waals surface area contributed by atoms with Gasteiger partial charge in [-0.05, 0) is 24.8 Å². The average Bonchev–Trinajstić information content (AvgIpc) is 3.36. The van der Waals surface area contributed by atoms with Crippen LogP contribution in [-0.2, 0) is 14.3 Å². The molecule has 2 fully saturated rings. The third-order valence-corrected chi connectivity index (χ3v) is 5.67. The van der Waals surface area contributed by atoms with Gasteiger partial charge in [-0.1, -0.05) is 32.6 Å². The topological polar surface area (TPSA) is 97.6 Å². The van der Waals surface area contributed by atoms with E-state index in [9.17, 15) is 14.4 Å². The lowest BCUT2D eigenvalue weighted by Crippen LogP contribution is -2.57. The Bertz CT molecular complexity index is 651. The van der Waals surface area contributed by atoms with Crippen LogP contribution >= 0.6 is 0 Å². The monoisotopic (exact) mass is 376 g/mol. The van der Waals surface area contributed by atoms with Crippen LogP contribution in [0.25, 0.3) is 0 Å². The lowest BCUT2D eigenvalue weighted by Gasteiger charge is -2.32. The minimum Gasteiger partial charge on any atom is -0.472 e. The minimum atomic E-state index is -0.663. The van der Waals surface area contributed by atoms with Gasteiger partial charge in [0.15, 0.2) is 5.78 Å². The van der Waals surface area contributed by atoms with Crippen molar-refractivity contribution in [2.75, 3.05) is 13.2 Å². The highest BCUT2D eigenvalue weighted by atomic mass is 16.5. The maximum Gasteiger partial charge on any atom is 0.255 e. The van der Waals surface area contributed by atoms with E-state index in [-0.39, 0.29) is 30.1 Å². The fourth-order valence-electron chi connectivity index (χ4n) is 4.01. The van der Waals surface area contributed by atoms with Gasteiger partial charge < -0.3 is 19.8 Å². The van der Waals surface area contributed by atoms with E-state index < -0.39 is 12.1 Å². The molecule has 0 aromatic carbocycles. The molecule has 7 nitrogen and oxygen atoms in total. The van der Waals surface area contributed by atoms with Crippen LogP contribution in [0.5, 0.6) is 0 Å². The van der Waals surface area contributed by atoms with E-state index in [2.05, 4.69) is 10.6 Å². The molecule has 0 spiro atoms. The smallest absolute Gasteiger partial charge is 0.255 e. The molecule has 27 heavy (non-hydrogen) atoms. The highest BCUT2D eigenvalue weighted by Gasteiger charge is 2.35. The van der Waals surface area contributed by atoms with Crippen LogP contribution in [0.1, 0.15) is 55.8 Å². The molecular formula is C20H28N2O5. The van der Waals surface area contributed by atoms with Crippen LogP contribution in [0.15, 0.2) is 23.0 Å². The van der Waals surface area contributed by atoms with Gasteiger partial charge in [0.05, 0.1) is 24.5 Å². The summed E-state index contributed by atoms with van der Waals surface area (Å²) in [5, 5.41) is 5.72. The molecule has 3 atom stereocenters. The fraction of sp³-hybridized carbons (Fsp3) is 0.650. The van der Waals surface area contributed by atoms with Crippen LogP contribution in [0.4, 0.5) is 0 Å². The molecule has 1 aliphatic heterocycles. The summed E-state index contributed by atoms with van der Waals surface area (Å²) in [7, 11) is 0. The molecule has 1 aromatic rings. The molecule has 1 aromatic heterocycles. The molecule has 2 heterocycles. The molecule has 2 amide bonds. The van der Waals surface area contributed by atoms with E-state index in [1.807, 2.05) is 6.92 Å². The Balaban J connectivity index is 1.69. The number of ether oxygens (including phenoxy) is 1. The van der Waals surface area contributed by atoms with Crippen molar-refractivity contribution in [2.45, 2.75) is 57.5 Å². The third-order valence-electron chi connectivity index (χ3n) is 5.67. The second-order valence-electron chi connectivity index (χ2n) is 7.56. The second kappa shape index (κ2) is 9.17. The largest absolute Gasteiger partial charge is 0.472 e. The van der Waals surface area contributed by atoms with Crippen molar-refractivity contribution in [2.24, 2.45) is 11.8 Å². The van der Waals surface area contributed by atoms with Crippen LogP contribution < -0.4 is 10.6 Å². The number of Topliss-reactive ketones (excluding diaryl/α,β-unsaturated/α-hetero) is 1. The first-order chi connectivity index (χ1) is 13.1. The minimum absolute atomic E-state index is 0.0239. The summed E-state index contributed by atoms with van der Waals surface area (Å²) in [4.78, 5) is 37.6. The van der Waals surface area contributed by atoms with Crippen LogP contribution in [0.2, 0.25) is 0 Å². The molecule has 0 radical (unpaired) electrons. The number of amides is 2. The molecular weight excluding hydrogens is 348 g/mol. The number of furan rings is 1. The van der Waals surface area contributed by atoms with E-state index in [0.29, 0.717) is 24.5 Å². The van der Waals surface area contributed by atoms with Gasteiger partial charge in [0.1, 0.15) is 18.9 Å². The van der Waals surface area contributed by atoms with Crippen molar-refractivity contribution in [3.05, 3.63) is 24.2 Å². The van der Waals surface area contributed by atoms with Crippen molar-refractivity contribution >= 4 is 17.6 Å². The average molecular weight is 376 g/mol. The maximum absolute atomic E-state index is 13.0. The predicted molar refractivity (Wildman–Crippen MR) is 98.1 cm³/mol. The number of hydrogen-bond donors (Lipinski definition) is 2. The molecule has 3 rings (SSSR count). The Kier molecular flexibility index (Phi) is 6.66. The first kappa shape index (κ1) is 19.6. The molecule has 0 bridgehead atoms. The van der Waals surface area contributed by atoms with Crippen LogP contribution in [0.3, 0.4) is 0 Å². The van der Waals surface area contributed by atoms with Gasteiger partial charge in [0, 0.05) is 5.92 Å². The SMILES string of the molecule is CCC1COCC(=O)C1NC(=O)[C@H](CC1CCCC1)NC(=O)c1ccoc1. The van der Waals surface area contributed by atoms with Crippen LogP contribution in [-0.4, -0.2) is 42.9 Å². The zero-order chi connectivity index (χ0) is 19.2. The molecule has 1 saturated carbocycles. The zero-order valence-electron chi connectivity index (χ0n) is 15.7. The van der Waals surface area contributed by atoms with Gasteiger partial charge >= 0.3 is 0 Å². The maximum atomic E-state index is 13.0. The summed E-state index contributed by atoms with van der Waals surface area (Å²) >= 11 is 0. The van der Waals surface area contributed by atoms with Crippen molar-refractivity contribution < 1.29 is 23.5 Å². The van der Waals surface area contributed by atoms with Gasteiger partial charge in [0.2, 0.25) is 5.91 Å². The van der Waals surface area contributed by atoms with Gasteiger partial charge in [0.25, 0.3) is 5.91 Å². The van der Waals surface area contributed by atoms with Gasteiger partial charge in [-0.15, -0.1) is 0 Å². The van der Waals surface area contributed by atoms with E-state index in [1.165, 1.54) is 12.5 Å². The van der Waals surface area contributed by atoms with Crippen molar-refractivity contribution in [3.63, 3.8) is 0 Å². The fourth-order valence-corrected chi connectivity index (χ4v) is 4.01. The normalized spacial score (nSPS) is 24.6. The zero-order valence-corrected chi connectivity index (χ0v) is 15.7. The lowest BCUT2D eigenvalue weighted by molar-refractivity contribution is -0.138. The molecule has 2 N–H and O–H groups in total. The Morgan fingerprint density at radius 2 is 2.07 bits per heavy atom. The highest BCUT2D eigenvalue weighted by molar-refractivity contribution is 5.98. The highest BCUT2D eigenvalue weighted by Crippen LogP contribution is 2.29. The molecule has 2 aliphatic rings. The predicted octanol–water partition coefficient (Wildman–Crippen LogP) is 2.07. The van der Waals surface area contributed by atoms with Crippen molar-refractivity contribution in [1.29, 1.82) is 0 Å². The second-order valence-corrected chi connectivity index (χ2v) is 7.56. The van der Waals surface area contributed by atoms with Gasteiger partial charge in [-0.2, -0.15) is 0 Å². The number of hydrogen-bond acceptors (Lipinski definition) is 5. The molecule has 7 heteroatoms. The van der Waals surface area contributed by atoms with E-state index in [0.717, 1.165) is 32.1 Å². The van der Waals surface area contributed by atoms with Crippen molar-refractivity contribution in [1.82, 2.24) is 10.6 Å². The summed E-state index contributed by atoms with van der Waals surface area (Å²) in [5.41, 5.74) is 0.382. The Morgan fingerprint density at radius 1 is 1.30 bits per heavy atom. The Labute approximate surface area is 159 Å².